The first-order valence-corrected chi connectivity index (χ1v) is 7.69. The second-order valence-electron chi connectivity index (χ2n) is 5.69. The van der Waals surface area contributed by atoms with Crippen molar-refractivity contribution in [3.8, 4) is 0 Å². The monoisotopic (exact) mass is 299 g/mol. The van der Waals surface area contributed by atoms with Gasteiger partial charge < -0.3 is 10.1 Å². The van der Waals surface area contributed by atoms with Gasteiger partial charge in [0, 0.05) is 25.2 Å². The van der Waals surface area contributed by atoms with Crippen LogP contribution in [0.1, 0.15) is 24.1 Å². The number of aryl methyl sites for hydroxylation is 1. The van der Waals surface area contributed by atoms with E-state index in [1.807, 2.05) is 35.9 Å². The van der Waals surface area contributed by atoms with Crippen LogP contribution in [0, 0.1) is 12.8 Å². The number of carbonyl (C=O) groups is 1. The fraction of sp³-hybridized carbons (Fsp3) is 0.412. The van der Waals surface area contributed by atoms with Crippen molar-refractivity contribution in [2.24, 2.45) is 5.92 Å². The maximum absolute atomic E-state index is 12.4. The molecule has 0 unspecified atom stereocenters. The van der Waals surface area contributed by atoms with Gasteiger partial charge in [0.15, 0.2) is 0 Å². The maximum atomic E-state index is 12.4. The van der Waals surface area contributed by atoms with E-state index in [2.05, 4.69) is 22.5 Å². The van der Waals surface area contributed by atoms with Crippen LogP contribution in [0.5, 0.6) is 0 Å². The molecule has 1 amide bonds. The summed E-state index contributed by atoms with van der Waals surface area (Å²) in [5.41, 5.74) is 2.06. The van der Waals surface area contributed by atoms with E-state index in [9.17, 15) is 4.79 Å². The predicted molar refractivity (Wildman–Crippen MR) is 84.7 cm³/mol. The second kappa shape index (κ2) is 6.75. The zero-order valence-corrected chi connectivity index (χ0v) is 12.8. The molecule has 1 aliphatic rings. The van der Waals surface area contributed by atoms with E-state index in [1.165, 1.54) is 0 Å². The Morgan fingerprint density at radius 2 is 2.05 bits per heavy atom. The molecular weight excluding hydrogens is 278 g/mol. The van der Waals surface area contributed by atoms with Crippen molar-refractivity contribution in [1.82, 2.24) is 9.78 Å². The Balaban J connectivity index is 1.72. The minimum absolute atomic E-state index is 0.0362. The summed E-state index contributed by atoms with van der Waals surface area (Å²) < 4.78 is 7.16. The van der Waals surface area contributed by atoms with Gasteiger partial charge >= 0.3 is 0 Å². The van der Waals surface area contributed by atoms with E-state index in [-0.39, 0.29) is 11.8 Å². The molecule has 1 N–H and O–H groups in total. The number of hydrogen-bond acceptors (Lipinski definition) is 3. The normalized spacial score (nSPS) is 15.7. The summed E-state index contributed by atoms with van der Waals surface area (Å²) in [7, 11) is 0. The standard InChI is InChI=1S/C17H21N3O2/c1-13-11-16(18-17(21)15-7-9-22-10-8-15)20(19-13)12-14-5-3-2-4-6-14/h2-6,11,15H,7-10,12H2,1H3,(H,18,21). The van der Waals surface area contributed by atoms with Gasteiger partial charge in [0.1, 0.15) is 5.82 Å². The molecule has 2 aromatic rings. The SMILES string of the molecule is Cc1cc(NC(=O)C2CCOCC2)n(Cc2ccccc2)n1. The van der Waals surface area contributed by atoms with E-state index >= 15 is 0 Å². The Kier molecular flexibility index (Phi) is 4.53. The van der Waals surface area contributed by atoms with Crippen molar-refractivity contribution in [3.05, 3.63) is 47.7 Å². The number of aromatic nitrogens is 2. The average Bonchev–Trinajstić information content (AvgIpc) is 2.88. The first-order chi connectivity index (χ1) is 10.7. The summed E-state index contributed by atoms with van der Waals surface area (Å²) in [5, 5.41) is 7.51. The first kappa shape index (κ1) is 14.8. The molecule has 0 bridgehead atoms. The summed E-state index contributed by atoms with van der Waals surface area (Å²) >= 11 is 0. The van der Waals surface area contributed by atoms with Crippen LogP contribution in [0.15, 0.2) is 36.4 Å². The fourth-order valence-corrected chi connectivity index (χ4v) is 2.71. The Bertz CT molecular complexity index is 631. The number of carbonyl (C=O) groups excluding carboxylic acids is 1. The molecule has 1 fully saturated rings. The largest absolute Gasteiger partial charge is 0.381 e. The minimum Gasteiger partial charge on any atom is -0.381 e. The lowest BCUT2D eigenvalue weighted by molar-refractivity contribution is -0.122. The highest BCUT2D eigenvalue weighted by Crippen LogP contribution is 2.19. The molecule has 116 valence electrons. The van der Waals surface area contributed by atoms with Crippen LogP contribution in [0.4, 0.5) is 5.82 Å². The van der Waals surface area contributed by atoms with Crippen LogP contribution in [0.3, 0.4) is 0 Å². The highest BCUT2D eigenvalue weighted by Gasteiger charge is 2.22. The van der Waals surface area contributed by atoms with Crippen molar-refractivity contribution >= 4 is 11.7 Å². The highest BCUT2D eigenvalue weighted by molar-refractivity contribution is 5.91. The number of ether oxygens (including phenoxy) is 1. The van der Waals surface area contributed by atoms with E-state index < -0.39 is 0 Å². The van der Waals surface area contributed by atoms with Gasteiger partial charge in [0.2, 0.25) is 5.91 Å². The molecule has 3 rings (SSSR count). The predicted octanol–water partition coefficient (Wildman–Crippen LogP) is 2.60. The Labute approximate surface area is 130 Å². The Morgan fingerprint density at radius 3 is 2.77 bits per heavy atom. The molecule has 1 aromatic carbocycles. The van der Waals surface area contributed by atoms with Crippen LogP contribution < -0.4 is 5.32 Å². The van der Waals surface area contributed by atoms with Gasteiger partial charge in [-0.05, 0) is 25.3 Å². The number of nitrogens with one attached hydrogen (secondary N) is 1. The van der Waals surface area contributed by atoms with Crippen molar-refractivity contribution in [3.63, 3.8) is 0 Å². The van der Waals surface area contributed by atoms with Gasteiger partial charge in [0.25, 0.3) is 0 Å². The van der Waals surface area contributed by atoms with Gasteiger partial charge in [-0.2, -0.15) is 5.10 Å². The zero-order chi connectivity index (χ0) is 15.4. The van der Waals surface area contributed by atoms with Crippen LogP contribution in [-0.2, 0) is 16.1 Å². The quantitative estimate of drug-likeness (QED) is 0.944. The van der Waals surface area contributed by atoms with Crippen LogP contribution in [0.25, 0.3) is 0 Å². The number of anilines is 1. The summed E-state index contributed by atoms with van der Waals surface area (Å²) in [6, 6.07) is 12.0. The zero-order valence-electron chi connectivity index (χ0n) is 12.8. The maximum Gasteiger partial charge on any atom is 0.228 e. The molecule has 5 nitrogen and oxygen atoms in total. The lowest BCUT2D eigenvalue weighted by atomic mass is 9.99. The number of rotatable bonds is 4. The minimum atomic E-state index is 0.0362. The van der Waals surface area contributed by atoms with Crippen molar-refractivity contribution in [2.45, 2.75) is 26.3 Å². The van der Waals surface area contributed by atoms with Crippen molar-refractivity contribution in [2.75, 3.05) is 18.5 Å². The fourth-order valence-electron chi connectivity index (χ4n) is 2.71. The third kappa shape index (κ3) is 3.54. The van der Waals surface area contributed by atoms with Crippen LogP contribution in [-0.4, -0.2) is 28.9 Å². The number of benzene rings is 1. The van der Waals surface area contributed by atoms with E-state index in [1.54, 1.807) is 0 Å². The van der Waals surface area contributed by atoms with E-state index in [0.717, 1.165) is 29.9 Å². The third-order valence-corrected chi connectivity index (χ3v) is 3.92. The molecule has 0 saturated carbocycles. The number of amides is 1. The molecule has 1 aliphatic heterocycles. The summed E-state index contributed by atoms with van der Waals surface area (Å²) in [4.78, 5) is 12.4. The molecule has 0 radical (unpaired) electrons. The van der Waals surface area contributed by atoms with Crippen molar-refractivity contribution in [1.29, 1.82) is 0 Å². The van der Waals surface area contributed by atoms with Gasteiger partial charge in [-0.1, -0.05) is 30.3 Å². The average molecular weight is 299 g/mol. The van der Waals surface area contributed by atoms with Crippen molar-refractivity contribution < 1.29 is 9.53 Å². The Morgan fingerprint density at radius 1 is 1.32 bits per heavy atom. The van der Waals surface area contributed by atoms with E-state index in [4.69, 9.17) is 4.74 Å². The highest BCUT2D eigenvalue weighted by atomic mass is 16.5. The van der Waals surface area contributed by atoms with Crippen LogP contribution in [0.2, 0.25) is 0 Å². The molecule has 2 heterocycles. The molecule has 22 heavy (non-hydrogen) atoms. The molecule has 0 atom stereocenters. The molecule has 1 saturated heterocycles. The summed E-state index contributed by atoms with van der Waals surface area (Å²) in [6.45, 7) is 3.92. The van der Waals surface area contributed by atoms with Gasteiger partial charge in [0.05, 0.1) is 12.2 Å². The molecule has 1 aromatic heterocycles. The number of hydrogen-bond donors (Lipinski definition) is 1. The molecule has 0 spiro atoms. The van der Waals surface area contributed by atoms with Gasteiger partial charge in [-0.15, -0.1) is 0 Å². The Hall–Kier alpha value is -2.14. The molecular formula is C17H21N3O2. The van der Waals surface area contributed by atoms with Gasteiger partial charge in [-0.25, -0.2) is 4.68 Å². The molecule has 5 heteroatoms. The summed E-state index contributed by atoms with van der Waals surface area (Å²) in [5.74, 6) is 0.865. The third-order valence-electron chi connectivity index (χ3n) is 3.92. The lowest BCUT2D eigenvalue weighted by Crippen LogP contribution is -2.29. The molecule has 0 aliphatic carbocycles. The number of nitrogens with zero attached hydrogens (tertiary/aromatic N) is 2. The summed E-state index contributed by atoms with van der Waals surface area (Å²) in [6.07, 6.45) is 1.58. The smallest absolute Gasteiger partial charge is 0.228 e. The topological polar surface area (TPSA) is 56.1 Å². The first-order valence-electron chi connectivity index (χ1n) is 7.69. The lowest BCUT2D eigenvalue weighted by Gasteiger charge is -2.21. The van der Waals surface area contributed by atoms with Gasteiger partial charge in [-0.3, -0.25) is 4.79 Å². The van der Waals surface area contributed by atoms with Crippen LogP contribution >= 0.6 is 0 Å². The second-order valence-corrected chi connectivity index (χ2v) is 5.69. The van der Waals surface area contributed by atoms with E-state index in [0.29, 0.717) is 19.8 Å².